The smallest absolute Gasteiger partial charge is 0.0656 e. The lowest BCUT2D eigenvalue weighted by molar-refractivity contribution is 1.64. The molecule has 0 unspecified atom stereocenters. The van der Waals surface area contributed by atoms with Crippen molar-refractivity contribution in [2.45, 2.75) is 19.6 Å². The van der Waals surface area contributed by atoms with Crippen molar-refractivity contribution < 1.29 is 0 Å². The van der Waals surface area contributed by atoms with Crippen LogP contribution >= 0.6 is 22.6 Å². The zero-order valence-electron chi connectivity index (χ0n) is 7.19. The molecule has 0 saturated heterocycles. The van der Waals surface area contributed by atoms with Crippen molar-refractivity contribution in [1.29, 1.82) is 0 Å². The number of rotatable bonds is 1. The lowest BCUT2D eigenvalue weighted by Gasteiger charge is -2.15. The second-order valence-electron chi connectivity index (χ2n) is 3.76. The van der Waals surface area contributed by atoms with Crippen LogP contribution in [0.25, 0.3) is 0 Å². The maximum absolute atomic E-state index is 2.37. The van der Waals surface area contributed by atoms with Crippen molar-refractivity contribution in [3.63, 3.8) is 0 Å². The van der Waals surface area contributed by atoms with E-state index >= 15 is 0 Å². The molecule has 0 atom stereocenters. The third kappa shape index (κ3) is 2.59. The molecule has 0 amide bonds. The van der Waals surface area contributed by atoms with Crippen LogP contribution in [-0.4, -0.2) is 8.07 Å². The van der Waals surface area contributed by atoms with E-state index in [0.29, 0.717) is 0 Å². The monoisotopic (exact) mass is 276 g/mol. The fraction of sp³-hybridized carbons (Fsp3) is 0.333. The van der Waals surface area contributed by atoms with E-state index in [-0.39, 0.29) is 0 Å². The van der Waals surface area contributed by atoms with E-state index < -0.39 is 8.07 Å². The normalized spacial score (nSPS) is 11.6. The summed E-state index contributed by atoms with van der Waals surface area (Å²) in [4.78, 5) is 0. The molecular formula is C9H13ISi. The molecule has 2 heteroatoms. The van der Waals surface area contributed by atoms with Crippen molar-refractivity contribution in [1.82, 2.24) is 0 Å². The SMILES string of the molecule is C[Si](C)(C)c1ccc(I)cc1. The average molecular weight is 276 g/mol. The summed E-state index contributed by atoms with van der Waals surface area (Å²) in [5, 5.41) is 1.54. The van der Waals surface area contributed by atoms with Crippen LogP contribution in [0.5, 0.6) is 0 Å². The Hall–Kier alpha value is 0.167. The minimum atomic E-state index is -1.06. The zero-order valence-corrected chi connectivity index (χ0v) is 10.3. The van der Waals surface area contributed by atoms with Crippen LogP contribution in [0, 0.1) is 3.57 Å². The van der Waals surface area contributed by atoms with Crippen LogP contribution in [0.2, 0.25) is 19.6 Å². The second-order valence-corrected chi connectivity index (χ2v) is 10.1. The van der Waals surface area contributed by atoms with Crippen LogP contribution in [0.1, 0.15) is 0 Å². The molecular weight excluding hydrogens is 263 g/mol. The summed E-state index contributed by atoms with van der Waals surface area (Å²) in [5.74, 6) is 0. The van der Waals surface area contributed by atoms with Crippen molar-refractivity contribution >= 4 is 35.9 Å². The topological polar surface area (TPSA) is 0 Å². The Morgan fingerprint density at radius 3 is 1.82 bits per heavy atom. The first-order valence-electron chi connectivity index (χ1n) is 3.76. The molecule has 0 saturated carbocycles. The number of hydrogen-bond acceptors (Lipinski definition) is 0. The quantitative estimate of drug-likeness (QED) is 0.546. The first-order valence-corrected chi connectivity index (χ1v) is 8.34. The van der Waals surface area contributed by atoms with Gasteiger partial charge in [-0.15, -0.1) is 0 Å². The van der Waals surface area contributed by atoms with Crippen LogP contribution in [0.3, 0.4) is 0 Å². The predicted molar refractivity (Wildman–Crippen MR) is 62.1 cm³/mol. The van der Waals surface area contributed by atoms with E-state index in [0.717, 1.165) is 0 Å². The molecule has 0 bridgehead atoms. The van der Waals surface area contributed by atoms with Crippen molar-refractivity contribution in [2.24, 2.45) is 0 Å². The molecule has 0 aromatic heterocycles. The van der Waals surface area contributed by atoms with Gasteiger partial charge in [0.05, 0.1) is 8.07 Å². The minimum Gasteiger partial charge on any atom is -0.0656 e. The van der Waals surface area contributed by atoms with Gasteiger partial charge in [-0.05, 0) is 34.7 Å². The Kier molecular flexibility index (Phi) is 2.75. The van der Waals surface area contributed by atoms with Gasteiger partial charge in [-0.1, -0.05) is 37.0 Å². The van der Waals surface area contributed by atoms with E-state index in [2.05, 4.69) is 66.5 Å². The van der Waals surface area contributed by atoms with Crippen LogP contribution in [-0.2, 0) is 0 Å². The molecule has 1 aromatic rings. The van der Waals surface area contributed by atoms with Crippen LogP contribution < -0.4 is 5.19 Å². The summed E-state index contributed by atoms with van der Waals surface area (Å²) >= 11 is 2.34. The highest BCUT2D eigenvalue weighted by Crippen LogP contribution is 2.05. The number of hydrogen-bond donors (Lipinski definition) is 0. The Labute approximate surface area is 83.2 Å². The summed E-state index contributed by atoms with van der Waals surface area (Å²) in [5.41, 5.74) is 0. The van der Waals surface area contributed by atoms with E-state index in [1.54, 1.807) is 0 Å². The van der Waals surface area contributed by atoms with Gasteiger partial charge in [-0.2, -0.15) is 0 Å². The molecule has 1 rings (SSSR count). The van der Waals surface area contributed by atoms with Gasteiger partial charge in [0.15, 0.2) is 0 Å². The van der Waals surface area contributed by atoms with Gasteiger partial charge >= 0.3 is 0 Å². The Balaban J connectivity index is 2.99. The Bertz CT molecular complexity index is 233. The average Bonchev–Trinajstić information content (AvgIpc) is 1.86. The lowest BCUT2D eigenvalue weighted by Crippen LogP contribution is -2.37. The van der Waals surface area contributed by atoms with Gasteiger partial charge in [-0.3, -0.25) is 0 Å². The van der Waals surface area contributed by atoms with Crippen LogP contribution in [0.4, 0.5) is 0 Å². The van der Waals surface area contributed by atoms with Gasteiger partial charge in [0.25, 0.3) is 0 Å². The van der Waals surface area contributed by atoms with Gasteiger partial charge in [0, 0.05) is 3.57 Å². The van der Waals surface area contributed by atoms with Crippen molar-refractivity contribution in [3.8, 4) is 0 Å². The molecule has 0 nitrogen and oxygen atoms in total. The zero-order chi connectivity index (χ0) is 8.48. The third-order valence-electron chi connectivity index (χ3n) is 1.71. The summed E-state index contributed by atoms with van der Waals surface area (Å²) in [7, 11) is -1.06. The maximum Gasteiger partial charge on any atom is 0.0775 e. The predicted octanol–water partition coefficient (Wildman–Crippen LogP) is 2.84. The van der Waals surface area contributed by atoms with E-state index in [9.17, 15) is 0 Å². The van der Waals surface area contributed by atoms with Gasteiger partial charge in [-0.25, -0.2) is 0 Å². The highest BCUT2D eigenvalue weighted by molar-refractivity contribution is 14.1. The molecule has 0 aliphatic carbocycles. The minimum absolute atomic E-state index is 1.06. The van der Waals surface area contributed by atoms with Gasteiger partial charge < -0.3 is 0 Å². The number of benzene rings is 1. The van der Waals surface area contributed by atoms with E-state index in [1.165, 1.54) is 8.76 Å². The third-order valence-corrected chi connectivity index (χ3v) is 4.49. The first-order chi connectivity index (χ1) is 5.00. The molecule has 0 heterocycles. The van der Waals surface area contributed by atoms with Crippen molar-refractivity contribution in [3.05, 3.63) is 27.8 Å². The summed E-state index contributed by atoms with van der Waals surface area (Å²) < 4.78 is 1.32. The van der Waals surface area contributed by atoms with E-state index in [4.69, 9.17) is 0 Å². The fourth-order valence-electron chi connectivity index (χ4n) is 0.950. The first kappa shape index (κ1) is 9.26. The molecule has 0 N–H and O–H groups in total. The Morgan fingerprint density at radius 2 is 1.45 bits per heavy atom. The van der Waals surface area contributed by atoms with Crippen LogP contribution in [0.15, 0.2) is 24.3 Å². The second kappa shape index (κ2) is 3.27. The van der Waals surface area contributed by atoms with E-state index in [1.807, 2.05) is 0 Å². The highest BCUT2D eigenvalue weighted by Gasteiger charge is 2.14. The maximum atomic E-state index is 2.37. The molecule has 0 spiro atoms. The molecule has 1 aromatic carbocycles. The summed E-state index contributed by atoms with van der Waals surface area (Å²) in [6.45, 7) is 7.11. The standard InChI is InChI=1S/C9H13ISi/c1-11(2,3)9-6-4-8(10)5-7-9/h4-7H,1-3H3. The summed E-state index contributed by atoms with van der Waals surface area (Å²) in [6, 6.07) is 8.89. The number of halogens is 1. The lowest BCUT2D eigenvalue weighted by atomic mass is 10.4. The molecule has 0 fully saturated rings. The largest absolute Gasteiger partial charge is 0.0775 e. The Morgan fingerprint density at radius 1 is 1.00 bits per heavy atom. The molecule has 11 heavy (non-hydrogen) atoms. The fourth-order valence-corrected chi connectivity index (χ4v) is 2.48. The molecule has 0 aliphatic rings. The molecule has 0 radical (unpaired) electrons. The van der Waals surface area contributed by atoms with Gasteiger partial charge in [0.2, 0.25) is 0 Å². The summed E-state index contributed by atoms with van der Waals surface area (Å²) in [6.07, 6.45) is 0. The molecule has 0 aliphatic heterocycles. The van der Waals surface area contributed by atoms with Crippen molar-refractivity contribution in [2.75, 3.05) is 0 Å². The highest BCUT2D eigenvalue weighted by atomic mass is 127. The van der Waals surface area contributed by atoms with Gasteiger partial charge in [0.1, 0.15) is 0 Å². The molecule has 60 valence electrons.